The van der Waals surface area contributed by atoms with Gasteiger partial charge in [0.2, 0.25) is 5.95 Å². The highest BCUT2D eigenvalue weighted by atomic mass is 35.5. The Morgan fingerprint density at radius 1 is 0.976 bits per heavy atom. The second-order valence-corrected chi connectivity index (χ2v) is 13.0. The average Bonchev–Trinajstić information content (AvgIpc) is 2.92. The summed E-state index contributed by atoms with van der Waals surface area (Å²) < 4.78 is 20.5. The molecular weight excluding hydrogens is 583 g/mol. The number of aryl methyl sites for hydroxylation is 1. The van der Waals surface area contributed by atoms with Gasteiger partial charge in [-0.1, -0.05) is 29.3 Å². The zero-order chi connectivity index (χ0) is 29.3. The van der Waals surface area contributed by atoms with Gasteiger partial charge >= 0.3 is 6.09 Å². The molecule has 41 heavy (non-hydrogen) atoms. The van der Waals surface area contributed by atoms with Crippen LogP contribution in [0.25, 0.3) is 22.2 Å². The van der Waals surface area contributed by atoms with E-state index >= 15 is 0 Å². The third kappa shape index (κ3) is 6.78. The van der Waals surface area contributed by atoms with Gasteiger partial charge in [0, 0.05) is 47.5 Å². The van der Waals surface area contributed by atoms with Crippen molar-refractivity contribution in [2.24, 2.45) is 0 Å². The lowest BCUT2D eigenvalue weighted by Gasteiger charge is -2.34. The fourth-order valence-corrected chi connectivity index (χ4v) is 6.26. The Morgan fingerprint density at radius 2 is 1.63 bits per heavy atom. The van der Waals surface area contributed by atoms with Gasteiger partial charge in [0.05, 0.1) is 10.4 Å². The van der Waals surface area contributed by atoms with Crippen LogP contribution >= 0.6 is 23.2 Å². The van der Waals surface area contributed by atoms with Crippen molar-refractivity contribution in [3.8, 4) is 11.1 Å². The van der Waals surface area contributed by atoms with Crippen molar-refractivity contribution in [2.75, 3.05) is 31.5 Å². The molecule has 214 valence electrons. The molecule has 1 atom stereocenters. The quantitative estimate of drug-likeness (QED) is 0.270. The number of aromatic nitrogens is 3. The van der Waals surface area contributed by atoms with Gasteiger partial charge in [-0.15, -0.1) is 10.2 Å². The third-order valence-electron chi connectivity index (χ3n) is 6.44. The van der Waals surface area contributed by atoms with Crippen LogP contribution in [0.3, 0.4) is 0 Å². The van der Waals surface area contributed by atoms with Crippen molar-refractivity contribution >= 4 is 62.9 Å². The number of nitrogens with one attached hydrogen (secondary N) is 1. The fraction of sp³-hybridized carbons (Fsp3) is 0.310. The van der Waals surface area contributed by atoms with Gasteiger partial charge < -0.3 is 15.0 Å². The first kappa shape index (κ1) is 29.2. The Labute approximate surface area is 251 Å². The summed E-state index contributed by atoms with van der Waals surface area (Å²) in [5.74, 6) is 0.344. The lowest BCUT2D eigenvalue weighted by Crippen LogP contribution is -2.50. The number of hydrogen-bond donors (Lipinski definition) is 1. The number of halogens is 2. The summed E-state index contributed by atoms with van der Waals surface area (Å²) in [6, 6.07) is 16.5. The number of anilines is 2. The number of benzene rings is 3. The highest BCUT2D eigenvalue weighted by Gasteiger charge is 2.28. The van der Waals surface area contributed by atoms with Crippen LogP contribution < -0.4 is 5.32 Å². The van der Waals surface area contributed by atoms with Crippen LogP contribution in [0, 0.1) is 6.92 Å². The van der Waals surface area contributed by atoms with Crippen LogP contribution in [0.1, 0.15) is 26.3 Å². The van der Waals surface area contributed by atoms with Gasteiger partial charge in [0.25, 0.3) is 0 Å². The summed E-state index contributed by atoms with van der Waals surface area (Å²) in [5.41, 5.74) is 4.01. The van der Waals surface area contributed by atoms with Crippen molar-refractivity contribution in [1.82, 2.24) is 24.4 Å². The number of rotatable bonds is 5. The van der Waals surface area contributed by atoms with E-state index in [9.17, 15) is 9.00 Å². The van der Waals surface area contributed by atoms with Crippen molar-refractivity contribution < 1.29 is 13.7 Å². The molecule has 0 aliphatic carbocycles. The van der Waals surface area contributed by atoms with E-state index in [4.69, 9.17) is 27.9 Å². The van der Waals surface area contributed by atoms with E-state index in [2.05, 4.69) is 20.5 Å². The molecule has 0 saturated carbocycles. The zero-order valence-corrected chi connectivity index (χ0v) is 25.5. The Kier molecular flexibility index (Phi) is 8.47. The van der Waals surface area contributed by atoms with Gasteiger partial charge in [-0.2, -0.15) is 0 Å². The topological polar surface area (TPSA) is 101 Å². The monoisotopic (exact) mass is 612 g/mol. The molecule has 1 aromatic heterocycles. The Morgan fingerprint density at radius 3 is 2.27 bits per heavy atom. The maximum Gasteiger partial charge on any atom is 0.410 e. The first-order valence-electron chi connectivity index (χ1n) is 13.1. The molecule has 2 heterocycles. The van der Waals surface area contributed by atoms with E-state index in [-0.39, 0.29) is 6.09 Å². The summed E-state index contributed by atoms with van der Waals surface area (Å²) in [4.78, 5) is 19.3. The molecule has 1 aliphatic heterocycles. The van der Waals surface area contributed by atoms with Crippen molar-refractivity contribution in [1.29, 1.82) is 0 Å². The highest BCUT2D eigenvalue weighted by molar-refractivity contribution is 7.82. The molecule has 1 unspecified atom stereocenters. The van der Waals surface area contributed by atoms with Crippen LogP contribution in [0.2, 0.25) is 10.0 Å². The van der Waals surface area contributed by atoms with Gasteiger partial charge in [0.1, 0.15) is 22.1 Å². The normalized spacial score (nSPS) is 15.1. The SMILES string of the molecule is Cc1cc(-c2c(Cl)cccc2Cl)cc2nnc(Nc3ccc(S(=O)N4CCN(C(=O)OC(C)(C)C)CC4)cc3)nc12. The summed E-state index contributed by atoms with van der Waals surface area (Å²) in [5, 5.41) is 12.9. The van der Waals surface area contributed by atoms with E-state index < -0.39 is 16.6 Å². The predicted octanol–water partition coefficient (Wildman–Crippen LogP) is 6.63. The standard InChI is InChI=1S/C29H30Cl2N6O3S/c1-18-16-19(25-22(30)6-5-7-23(25)31)17-24-26(18)33-27(35-34-24)32-20-8-10-21(11-9-20)41(39)37-14-12-36(13-15-37)28(38)40-29(2,3)4/h5-11,16-17H,12-15H2,1-4H3,(H,32,33,35). The third-order valence-corrected chi connectivity index (χ3v) is 8.58. The number of fused-ring (bicyclic) bond motifs is 1. The zero-order valence-electron chi connectivity index (χ0n) is 23.1. The number of carbonyl (C=O) groups is 1. The molecule has 0 radical (unpaired) electrons. The van der Waals surface area contributed by atoms with Crippen molar-refractivity contribution in [3.05, 3.63) is 70.2 Å². The Bertz CT molecular complexity index is 1600. The molecule has 1 aliphatic rings. The first-order chi connectivity index (χ1) is 19.5. The van der Waals surface area contributed by atoms with Crippen molar-refractivity contribution in [3.63, 3.8) is 0 Å². The van der Waals surface area contributed by atoms with E-state index in [0.29, 0.717) is 58.1 Å². The number of nitrogens with zero attached hydrogens (tertiary/aromatic N) is 5. The largest absolute Gasteiger partial charge is 0.444 e. The van der Waals surface area contributed by atoms with Crippen LogP contribution in [0.5, 0.6) is 0 Å². The first-order valence-corrected chi connectivity index (χ1v) is 15.0. The molecular formula is C29H30Cl2N6O3S. The van der Waals surface area contributed by atoms with E-state index in [1.807, 2.05) is 56.3 Å². The maximum absolute atomic E-state index is 13.2. The number of amides is 1. The number of hydrogen-bond acceptors (Lipinski definition) is 7. The molecule has 1 saturated heterocycles. The van der Waals surface area contributed by atoms with Crippen LogP contribution in [-0.4, -0.2) is 66.5 Å². The second kappa shape index (κ2) is 11.9. The molecule has 1 amide bonds. The molecule has 1 N–H and O–H groups in total. The Hall–Kier alpha value is -3.31. The van der Waals surface area contributed by atoms with Crippen LogP contribution in [0.15, 0.2) is 59.5 Å². The molecule has 5 rings (SSSR count). The second-order valence-electron chi connectivity index (χ2n) is 10.7. The van der Waals surface area contributed by atoms with Crippen LogP contribution in [-0.2, 0) is 15.7 Å². The summed E-state index contributed by atoms with van der Waals surface area (Å²) in [6.07, 6.45) is -0.343. The van der Waals surface area contributed by atoms with Crippen LogP contribution in [0.4, 0.5) is 16.4 Å². The number of piperazine rings is 1. The van der Waals surface area contributed by atoms with Gasteiger partial charge in [0.15, 0.2) is 0 Å². The predicted molar refractivity (Wildman–Crippen MR) is 163 cm³/mol. The molecule has 0 bridgehead atoms. The fourth-order valence-electron chi connectivity index (χ4n) is 4.48. The molecule has 12 heteroatoms. The molecule has 4 aromatic rings. The molecule has 1 fully saturated rings. The smallest absolute Gasteiger partial charge is 0.410 e. The molecule has 3 aromatic carbocycles. The number of carbonyl (C=O) groups excluding carboxylic acids is 1. The van der Waals surface area contributed by atoms with E-state index in [0.717, 1.165) is 22.4 Å². The number of ether oxygens (including phenoxy) is 1. The van der Waals surface area contributed by atoms with Gasteiger partial charge in [-0.3, -0.25) is 0 Å². The van der Waals surface area contributed by atoms with Gasteiger partial charge in [-0.25, -0.2) is 18.3 Å². The Balaban J connectivity index is 1.24. The average molecular weight is 614 g/mol. The minimum Gasteiger partial charge on any atom is -0.444 e. The molecule has 9 nitrogen and oxygen atoms in total. The maximum atomic E-state index is 13.2. The summed E-state index contributed by atoms with van der Waals surface area (Å²) in [7, 11) is -1.35. The lowest BCUT2D eigenvalue weighted by atomic mass is 10.0. The summed E-state index contributed by atoms with van der Waals surface area (Å²) >= 11 is 12.8. The van der Waals surface area contributed by atoms with Crippen molar-refractivity contribution in [2.45, 2.75) is 38.2 Å². The molecule has 0 spiro atoms. The minimum atomic E-state index is -1.35. The van der Waals surface area contributed by atoms with Gasteiger partial charge in [-0.05, 0) is 87.4 Å². The lowest BCUT2D eigenvalue weighted by molar-refractivity contribution is 0.0195. The summed E-state index contributed by atoms with van der Waals surface area (Å²) in [6.45, 7) is 9.37. The van der Waals surface area contributed by atoms with E-state index in [1.165, 1.54) is 0 Å². The highest BCUT2D eigenvalue weighted by Crippen LogP contribution is 2.36. The minimum absolute atomic E-state index is 0.343. The van der Waals surface area contributed by atoms with E-state index in [1.54, 1.807) is 35.2 Å².